The molecule has 1 aromatic rings. The van der Waals surface area contributed by atoms with E-state index in [4.69, 9.17) is 0 Å². The van der Waals surface area contributed by atoms with Crippen LogP contribution in [0, 0.1) is 11.8 Å². The summed E-state index contributed by atoms with van der Waals surface area (Å²) >= 11 is 0. The van der Waals surface area contributed by atoms with Gasteiger partial charge in [-0.1, -0.05) is 32.0 Å². The summed E-state index contributed by atoms with van der Waals surface area (Å²) in [5.41, 5.74) is 5.14. The molecule has 16 heavy (non-hydrogen) atoms. The van der Waals surface area contributed by atoms with Gasteiger partial charge >= 0.3 is 0 Å². The fraction of sp³-hybridized carbons (Fsp3) is 0.625. The van der Waals surface area contributed by atoms with Crippen molar-refractivity contribution in [3.8, 4) is 0 Å². The monoisotopic (exact) mass is 212 g/mol. The Morgan fingerprint density at radius 2 is 1.81 bits per heavy atom. The first-order chi connectivity index (χ1) is 7.77. The minimum atomic E-state index is 0.704. The topological polar surface area (TPSA) is 0 Å². The number of hydrogen-bond acceptors (Lipinski definition) is 0. The van der Waals surface area contributed by atoms with Gasteiger partial charge in [0.1, 0.15) is 0 Å². The van der Waals surface area contributed by atoms with Crippen molar-refractivity contribution >= 4 is 0 Å². The molecule has 2 bridgehead atoms. The number of fused-ring (bicyclic) bond motifs is 8. The molecule has 0 nitrogen and oxygen atoms in total. The third-order valence-corrected chi connectivity index (χ3v) is 5.40. The molecule has 0 amide bonds. The summed E-state index contributed by atoms with van der Waals surface area (Å²) in [5.74, 6) is 4.72. The van der Waals surface area contributed by atoms with Gasteiger partial charge in [-0.05, 0) is 65.5 Å². The van der Waals surface area contributed by atoms with Crippen LogP contribution in [0.25, 0.3) is 0 Å². The van der Waals surface area contributed by atoms with Crippen LogP contribution in [0.4, 0.5) is 0 Å². The van der Waals surface area contributed by atoms with E-state index < -0.39 is 0 Å². The van der Waals surface area contributed by atoms with Crippen molar-refractivity contribution in [2.24, 2.45) is 11.8 Å². The summed E-state index contributed by atoms with van der Waals surface area (Å²) in [6.07, 6.45) is 4.55. The van der Waals surface area contributed by atoms with Crippen LogP contribution in [0.2, 0.25) is 0 Å². The minimum Gasteiger partial charge on any atom is -0.0617 e. The molecule has 0 saturated heterocycles. The Bertz CT molecular complexity index is 443. The molecule has 0 radical (unpaired) electrons. The first-order valence-corrected chi connectivity index (χ1v) is 6.90. The van der Waals surface area contributed by atoms with Gasteiger partial charge in [-0.2, -0.15) is 0 Å². The average Bonchev–Trinajstić information content (AvgIpc) is 2.79. The molecule has 0 unspecified atom stereocenters. The second-order valence-electron chi connectivity index (χ2n) is 6.39. The molecule has 1 aromatic carbocycles. The van der Waals surface area contributed by atoms with Crippen molar-refractivity contribution in [2.45, 2.75) is 50.9 Å². The molecule has 0 heterocycles. The summed E-state index contributed by atoms with van der Waals surface area (Å²) in [6, 6.07) is 7.06. The molecule has 3 aliphatic rings. The molecule has 0 spiro atoms. The molecule has 0 aromatic heterocycles. The Hall–Kier alpha value is -0.780. The summed E-state index contributed by atoms with van der Waals surface area (Å²) < 4.78 is 0. The maximum atomic E-state index is 2.41. The van der Waals surface area contributed by atoms with Crippen molar-refractivity contribution in [1.29, 1.82) is 0 Å². The first-order valence-electron chi connectivity index (χ1n) is 6.90. The molecule has 84 valence electrons. The lowest BCUT2D eigenvalue weighted by Gasteiger charge is -2.44. The largest absolute Gasteiger partial charge is 0.0617 e. The van der Waals surface area contributed by atoms with E-state index in [0.717, 1.165) is 23.7 Å². The molecule has 0 N–H and O–H groups in total. The van der Waals surface area contributed by atoms with E-state index in [2.05, 4.69) is 32.0 Å². The van der Waals surface area contributed by atoms with Crippen LogP contribution in [-0.4, -0.2) is 0 Å². The van der Waals surface area contributed by atoms with E-state index in [9.17, 15) is 0 Å². The second-order valence-corrected chi connectivity index (χ2v) is 6.39. The Morgan fingerprint density at radius 3 is 2.56 bits per heavy atom. The smallest absolute Gasteiger partial charge is 0.00562 e. The van der Waals surface area contributed by atoms with Gasteiger partial charge < -0.3 is 0 Å². The molecular weight excluding hydrogens is 192 g/mol. The maximum Gasteiger partial charge on any atom is -0.00562 e. The molecule has 3 aliphatic carbocycles. The zero-order valence-corrected chi connectivity index (χ0v) is 10.2. The van der Waals surface area contributed by atoms with Gasteiger partial charge in [-0.25, -0.2) is 0 Å². The molecule has 4 rings (SSSR count). The van der Waals surface area contributed by atoms with Crippen LogP contribution in [0.15, 0.2) is 18.2 Å². The minimum absolute atomic E-state index is 0.704. The molecular formula is C16H20. The zero-order valence-electron chi connectivity index (χ0n) is 10.2. The predicted octanol–water partition coefficient (Wildman–Crippen LogP) is 4.42. The molecule has 0 aliphatic heterocycles. The Kier molecular flexibility index (Phi) is 1.69. The summed E-state index contributed by atoms with van der Waals surface area (Å²) in [7, 11) is 0. The second kappa shape index (κ2) is 2.91. The van der Waals surface area contributed by atoms with E-state index in [1.165, 1.54) is 19.3 Å². The van der Waals surface area contributed by atoms with Gasteiger partial charge in [-0.3, -0.25) is 0 Å². The first kappa shape index (κ1) is 9.27. The fourth-order valence-electron chi connectivity index (χ4n) is 4.84. The highest BCUT2D eigenvalue weighted by Gasteiger charge is 2.55. The van der Waals surface area contributed by atoms with Crippen molar-refractivity contribution in [2.75, 3.05) is 0 Å². The summed E-state index contributed by atoms with van der Waals surface area (Å²) in [4.78, 5) is 0. The normalized spacial score (nSPS) is 38.4. The Balaban J connectivity index is 1.86. The van der Waals surface area contributed by atoms with E-state index >= 15 is 0 Å². The highest BCUT2D eigenvalue weighted by atomic mass is 14.6. The Labute approximate surface area is 98.1 Å². The molecule has 4 atom stereocenters. The van der Waals surface area contributed by atoms with E-state index in [1.807, 2.05) is 0 Å². The lowest BCUT2D eigenvalue weighted by Crippen LogP contribution is -2.31. The molecule has 2 saturated carbocycles. The van der Waals surface area contributed by atoms with Crippen LogP contribution in [-0.2, 0) is 0 Å². The van der Waals surface area contributed by atoms with Crippen LogP contribution >= 0.6 is 0 Å². The SMILES string of the molecule is CC(C)c1cccc2c1[C@@H]1[C@H]3CC[C@H](C3)[C@H]21. The third-order valence-electron chi connectivity index (χ3n) is 5.40. The van der Waals surface area contributed by atoms with Crippen molar-refractivity contribution < 1.29 is 0 Å². The van der Waals surface area contributed by atoms with Gasteiger partial charge in [0, 0.05) is 0 Å². The standard InChI is InChI=1S/C16H20/c1-9(2)12-4-3-5-13-14-10-6-7-11(8-10)15(14)16(12)13/h3-5,9-11,14-15H,6-8H2,1-2H3/t10-,11+,14-,15-/m1/s1. The Morgan fingerprint density at radius 1 is 1.06 bits per heavy atom. The van der Waals surface area contributed by atoms with E-state index in [-0.39, 0.29) is 0 Å². The highest BCUT2D eigenvalue weighted by Crippen LogP contribution is 2.68. The summed E-state index contributed by atoms with van der Waals surface area (Å²) in [5, 5.41) is 0. The van der Waals surface area contributed by atoms with E-state index in [0.29, 0.717) is 5.92 Å². The quantitative estimate of drug-likeness (QED) is 0.646. The van der Waals surface area contributed by atoms with Crippen molar-refractivity contribution in [3.63, 3.8) is 0 Å². The van der Waals surface area contributed by atoms with Crippen molar-refractivity contribution in [1.82, 2.24) is 0 Å². The number of benzene rings is 1. The van der Waals surface area contributed by atoms with Crippen LogP contribution in [0.1, 0.15) is 67.6 Å². The van der Waals surface area contributed by atoms with Gasteiger partial charge in [-0.15, -0.1) is 0 Å². The average molecular weight is 212 g/mol. The zero-order chi connectivity index (χ0) is 10.9. The van der Waals surface area contributed by atoms with E-state index in [1.54, 1.807) is 16.7 Å². The number of hydrogen-bond donors (Lipinski definition) is 0. The number of rotatable bonds is 1. The van der Waals surface area contributed by atoms with Gasteiger partial charge in [0.05, 0.1) is 0 Å². The maximum absolute atomic E-state index is 2.41. The highest BCUT2D eigenvalue weighted by molar-refractivity contribution is 5.54. The fourth-order valence-corrected chi connectivity index (χ4v) is 4.84. The molecule has 0 heteroatoms. The van der Waals surface area contributed by atoms with Crippen LogP contribution in [0.3, 0.4) is 0 Å². The van der Waals surface area contributed by atoms with Crippen LogP contribution in [0.5, 0.6) is 0 Å². The predicted molar refractivity (Wildman–Crippen MR) is 66.8 cm³/mol. The lowest BCUT2D eigenvalue weighted by molar-refractivity contribution is 0.320. The summed E-state index contributed by atoms with van der Waals surface area (Å²) in [6.45, 7) is 4.69. The van der Waals surface area contributed by atoms with Gasteiger partial charge in [0.25, 0.3) is 0 Å². The van der Waals surface area contributed by atoms with Crippen molar-refractivity contribution in [3.05, 3.63) is 34.9 Å². The van der Waals surface area contributed by atoms with Gasteiger partial charge in [0.2, 0.25) is 0 Å². The lowest BCUT2D eigenvalue weighted by atomic mass is 9.59. The van der Waals surface area contributed by atoms with Crippen LogP contribution < -0.4 is 0 Å². The molecule has 2 fully saturated rings. The third kappa shape index (κ3) is 0.924. The van der Waals surface area contributed by atoms with Gasteiger partial charge in [0.15, 0.2) is 0 Å².